The zero-order valence-corrected chi connectivity index (χ0v) is 9.52. The average Bonchev–Trinajstić information content (AvgIpc) is 2.28. The highest BCUT2D eigenvalue weighted by atomic mass is 19.1. The third kappa shape index (κ3) is 2.50. The van der Waals surface area contributed by atoms with Crippen LogP contribution in [0.15, 0.2) is 18.2 Å². The van der Waals surface area contributed by atoms with E-state index in [0.717, 1.165) is 12.1 Å². The van der Waals surface area contributed by atoms with Crippen LogP contribution in [0.4, 0.5) is 14.7 Å². The van der Waals surface area contributed by atoms with Crippen LogP contribution in [0.5, 0.6) is 6.01 Å². The van der Waals surface area contributed by atoms with Gasteiger partial charge in [0.25, 0.3) is 0 Å². The lowest BCUT2D eigenvalue weighted by molar-refractivity contribution is 0.312. The van der Waals surface area contributed by atoms with Gasteiger partial charge in [0.1, 0.15) is 11.6 Å². The molecule has 0 bridgehead atoms. The van der Waals surface area contributed by atoms with Gasteiger partial charge in [0.15, 0.2) is 5.82 Å². The molecule has 0 aliphatic rings. The number of ether oxygens (including phenoxy) is 1. The van der Waals surface area contributed by atoms with E-state index in [1.54, 1.807) is 6.92 Å². The van der Waals surface area contributed by atoms with Crippen LogP contribution in [0.3, 0.4) is 0 Å². The minimum Gasteiger partial charge on any atom is -0.464 e. The van der Waals surface area contributed by atoms with Crippen LogP contribution in [0, 0.1) is 11.6 Å². The molecule has 0 radical (unpaired) electrons. The number of halogens is 2. The number of nitrogens with zero attached hydrogens (tertiary/aromatic N) is 3. The van der Waals surface area contributed by atoms with E-state index in [4.69, 9.17) is 10.5 Å². The maximum atomic E-state index is 13.6. The molecule has 94 valence electrons. The van der Waals surface area contributed by atoms with Crippen molar-refractivity contribution in [3.8, 4) is 17.4 Å². The Labute approximate surface area is 102 Å². The second kappa shape index (κ2) is 4.91. The van der Waals surface area contributed by atoms with Gasteiger partial charge in [-0.2, -0.15) is 15.0 Å². The van der Waals surface area contributed by atoms with Crippen LogP contribution >= 0.6 is 0 Å². The Morgan fingerprint density at radius 3 is 2.67 bits per heavy atom. The van der Waals surface area contributed by atoms with Gasteiger partial charge in [0.2, 0.25) is 5.95 Å². The predicted octanol–water partition coefficient (Wildman–Crippen LogP) is 1.80. The summed E-state index contributed by atoms with van der Waals surface area (Å²) < 4.78 is 31.4. The van der Waals surface area contributed by atoms with E-state index in [-0.39, 0.29) is 23.3 Å². The Morgan fingerprint density at radius 1 is 1.22 bits per heavy atom. The normalized spacial score (nSPS) is 10.4. The minimum atomic E-state index is -0.775. The summed E-state index contributed by atoms with van der Waals surface area (Å²) in [5.41, 5.74) is 5.50. The summed E-state index contributed by atoms with van der Waals surface area (Å²) in [4.78, 5) is 11.4. The Balaban J connectivity index is 2.49. The third-order valence-corrected chi connectivity index (χ3v) is 2.08. The van der Waals surface area contributed by atoms with Crippen molar-refractivity contribution in [1.82, 2.24) is 15.0 Å². The average molecular weight is 252 g/mol. The molecule has 0 atom stereocenters. The number of nitrogen functional groups attached to an aromatic ring is 1. The molecule has 0 saturated heterocycles. The summed E-state index contributed by atoms with van der Waals surface area (Å²) in [5.74, 6) is -1.54. The molecule has 0 aliphatic heterocycles. The van der Waals surface area contributed by atoms with Crippen molar-refractivity contribution < 1.29 is 13.5 Å². The molecule has 2 N–H and O–H groups in total. The first-order chi connectivity index (χ1) is 8.60. The second-order valence-corrected chi connectivity index (χ2v) is 3.36. The van der Waals surface area contributed by atoms with Crippen LogP contribution in [-0.2, 0) is 0 Å². The van der Waals surface area contributed by atoms with E-state index in [0.29, 0.717) is 6.61 Å². The molecule has 0 amide bonds. The van der Waals surface area contributed by atoms with Gasteiger partial charge >= 0.3 is 6.01 Å². The molecule has 2 rings (SSSR count). The lowest BCUT2D eigenvalue weighted by Crippen LogP contribution is -2.05. The van der Waals surface area contributed by atoms with Crippen molar-refractivity contribution in [3.05, 3.63) is 29.8 Å². The van der Waals surface area contributed by atoms with E-state index in [2.05, 4.69) is 15.0 Å². The first kappa shape index (κ1) is 12.2. The monoisotopic (exact) mass is 252 g/mol. The zero-order valence-electron chi connectivity index (χ0n) is 9.52. The van der Waals surface area contributed by atoms with Crippen molar-refractivity contribution >= 4 is 5.95 Å². The Morgan fingerprint density at radius 2 is 2.00 bits per heavy atom. The Hall–Kier alpha value is -2.31. The molecule has 1 aromatic carbocycles. The number of anilines is 1. The standard InChI is InChI=1S/C11H10F2N4O/c1-2-18-11-16-9(15-10(14)17-11)7-4-3-6(12)5-8(7)13/h3-5H,2H2,1H3,(H2,14,15,16,17). The summed E-state index contributed by atoms with van der Waals surface area (Å²) in [6.45, 7) is 2.09. The fraction of sp³-hybridized carbons (Fsp3) is 0.182. The van der Waals surface area contributed by atoms with E-state index < -0.39 is 11.6 Å². The molecule has 0 fully saturated rings. The number of rotatable bonds is 3. The zero-order chi connectivity index (χ0) is 13.1. The summed E-state index contributed by atoms with van der Waals surface area (Å²) in [6, 6.07) is 3.09. The quantitative estimate of drug-likeness (QED) is 0.901. The SMILES string of the molecule is CCOc1nc(N)nc(-c2ccc(F)cc2F)n1. The Kier molecular flexibility index (Phi) is 3.31. The van der Waals surface area contributed by atoms with Crippen LogP contribution in [0.1, 0.15) is 6.92 Å². The highest BCUT2D eigenvalue weighted by molar-refractivity contribution is 5.57. The molecular weight excluding hydrogens is 242 g/mol. The van der Waals surface area contributed by atoms with Crippen LogP contribution in [-0.4, -0.2) is 21.6 Å². The molecule has 7 heteroatoms. The summed E-state index contributed by atoms with van der Waals surface area (Å²) in [7, 11) is 0. The molecular formula is C11H10F2N4O. The topological polar surface area (TPSA) is 73.9 Å². The van der Waals surface area contributed by atoms with E-state index >= 15 is 0 Å². The molecule has 5 nitrogen and oxygen atoms in total. The van der Waals surface area contributed by atoms with Gasteiger partial charge in [0, 0.05) is 6.07 Å². The number of nitrogens with two attached hydrogens (primary N) is 1. The van der Waals surface area contributed by atoms with E-state index in [1.807, 2.05) is 0 Å². The molecule has 18 heavy (non-hydrogen) atoms. The first-order valence-corrected chi connectivity index (χ1v) is 5.20. The fourth-order valence-corrected chi connectivity index (χ4v) is 1.36. The van der Waals surface area contributed by atoms with Crippen molar-refractivity contribution in [2.75, 3.05) is 12.3 Å². The highest BCUT2D eigenvalue weighted by Crippen LogP contribution is 2.21. The van der Waals surface area contributed by atoms with Crippen LogP contribution in [0.2, 0.25) is 0 Å². The van der Waals surface area contributed by atoms with Gasteiger partial charge < -0.3 is 10.5 Å². The second-order valence-electron chi connectivity index (χ2n) is 3.36. The van der Waals surface area contributed by atoms with Crippen LogP contribution in [0.25, 0.3) is 11.4 Å². The number of hydrogen-bond donors (Lipinski definition) is 1. The van der Waals surface area contributed by atoms with Gasteiger partial charge in [-0.15, -0.1) is 0 Å². The summed E-state index contributed by atoms with van der Waals surface area (Å²) in [5, 5.41) is 0. The van der Waals surface area contributed by atoms with E-state index in [1.165, 1.54) is 6.07 Å². The number of aromatic nitrogens is 3. The Bertz CT molecular complexity index is 577. The summed E-state index contributed by atoms with van der Waals surface area (Å²) in [6.07, 6.45) is 0. The number of hydrogen-bond acceptors (Lipinski definition) is 5. The van der Waals surface area contributed by atoms with Crippen molar-refractivity contribution in [3.63, 3.8) is 0 Å². The first-order valence-electron chi connectivity index (χ1n) is 5.20. The number of benzene rings is 1. The molecule has 1 heterocycles. The summed E-state index contributed by atoms with van der Waals surface area (Å²) >= 11 is 0. The third-order valence-electron chi connectivity index (χ3n) is 2.08. The van der Waals surface area contributed by atoms with Crippen molar-refractivity contribution in [2.24, 2.45) is 0 Å². The highest BCUT2D eigenvalue weighted by Gasteiger charge is 2.12. The molecule has 0 unspecified atom stereocenters. The smallest absolute Gasteiger partial charge is 0.321 e. The maximum absolute atomic E-state index is 13.6. The van der Waals surface area contributed by atoms with E-state index in [9.17, 15) is 8.78 Å². The molecule has 0 spiro atoms. The van der Waals surface area contributed by atoms with Gasteiger partial charge in [-0.1, -0.05) is 0 Å². The lowest BCUT2D eigenvalue weighted by atomic mass is 10.2. The molecule has 0 aliphatic carbocycles. The largest absolute Gasteiger partial charge is 0.464 e. The lowest BCUT2D eigenvalue weighted by Gasteiger charge is -2.05. The van der Waals surface area contributed by atoms with Gasteiger partial charge in [-0.25, -0.2) is 8.78 Å². The predicted molar refractivity (Wildman–Crippen MR) is 60.8 cm³/mol. The van der Waals surface area contributed by atoms with Gasteiger partial charge in [0.05, 0.1) is 12.2 Å². The van der Waals surface area contributed by atoms with Crippen molar-refractivity contribution in [1.29, 1.82) is 0 Å². The van der Waals surface area contributed by atoms with Crippen molar-refractivity contribution in [2.45, 2.75) is 6.92 Å². The minimum absolute atomic E-state index is 0.00319. The molecule has 1 aromatic heterocycles. The van der Waals surface area contributed by atoms with Gasteiger partial charge in [-0.05, 0) is 19.1 Å². The molecule has 2 aromatic rings. The van der Waals surface area contributed by atoms with Gasteiger partial charge in [-0.3, -0.25) is 0 Å². The fourth-order valence-electron chi connectivity index (χ4n) is 1.36. The molecule has 0 saturated carbocycles. The van der Waals surface area contributed by atoms with Crippen LogP contribution < -0.4 is 10.5 Å². The maximum Gasteiger partial charge on any atom is 0.321 e.